The van der Waals surface area contributed by atoms with Crippen LogP contribution in [0.2, 0.25) is 10.0 Å². The van der Waals surface area contributed by atoms with Crippen molar-refractivity contribution in [3.63, 3.8) is 0 Å². The molecule has 0 radical (unpaired) electrons. The maximum Gasteiger partial charge on any atom is 0.258 e. The zero-order valence-corrected chi connectivity index (χ0v) is 12.0. The molecule has 0 aliphatic heterocycles. The van der Waals surface area contributed by atoms with Crippen molar-refractivity contribution in [3.05, 3.63) is 57.3 Å². The van der Waals surface area contributed by atoms with Gasteiger partial charge in [-0.15, -0.1) is 0 Å². The number of nitrogens with two attached hydrogens (primary N) is 1. The lowest BCUT2D eigenvalue weighted by Crippen LogP contribution is -2.15. The van der Waals surface area contributed by atoms with Crippen molar-refractivity contribution in [2.24, 2.45) is 0 Å². The minimum atomic E-state index is -0.623. The molecule has 0 saturated heterocycles. The standard InChI is InChI=1S/C14H11Cl2FN2O/c1-7-4-9(18)6-10(13(7)17)14(20)19-12-3-2-8(15)5-11(12)16/h2-6H,18H2,1H3,(H,19,20). The largest absolute Gasteiger partial charge is 0.399 e. The summed E-state index contributed by atoms with van der Waals surface area (Å²) in [6.07, 6.45) is 0. The quantitative estimate of drug-likeness (QED) is 0.813. The second-order valence-electron chi connectivity index (χ2n) is 4.28. The van der Waals surface area contributed by atoms with E-state index in [1.807, 2.05) is 0 Å². The molecule has 3 N–H and O–H groups in total. The Kier molecular flexibility index (Phi) is 4.16. The Morgan fingerprint density at radius 1 is 1.25 bits per heavy atom. The fraction of sp³-hybridized carbons (Fsp3) is 0.0714. The molecule has 2 aromatic carbocycles. The molecule has 0 spiro atoms. The number of nitrogen functional groups attached to an aromatic ring is 1. The van der Waals surface area contributed by atoms with Gasteiger partial charge in [-0.2, -0.15) is 0 Å². The number of nitrogens with one attached hydrogen (secondary N) is 1. The first kappa shape index (κ1) is 14.6. The smallest absolute Gasteiger partial charge is 0.258 e. The lowest BCUT2D eigenvalue weighted by atomic mass is 10.1. The summed E-state index contributed by atoms with van der Waals surface area (Å²) >= 11 is 11.7. The van der Waals surface area contributed by atoms with Gasteiger partial charge in [0.25, 0.3) is 5.91 Å². The number of anilines is 2. The molecule has 0 fully saturated rings. The van der Waals surface area contributed by atoms with Crippen LogP contribution in [0.3, 0.4) is 0 Å². The fourth-order valence-electron chi connectivity index (χ4n) is 1.74. The summed E-state index contributed by atoms with van der Waals surface area (Å²) in [5.74, 6) is -1.23. The molecule has 104 valence electrons. The second-order valence-corrected chi connectivity index (χ2v) is 5.12. The highest BCUT2D eigenvalue weighted by Gasteiger charge is 2.16. The van der Waals surface area contributed by atoms with E-state index in [-0.39, 0.29) is 10.6 Å². The monoisotopic (exact) mass is 312 g/mol. The minimum absolute atomic E-state index is 0.131. The first-order valence-electron chi connectivity index (χ1n) is 5.70. The molecule has 2 rings (SSSR count). The van der Waals surface area contributed by atoms with E-state index in [0.717, 1.165) is 0 Å². The van der Waals surface area contributed by atoms with Crippen LogP contribution in [0.5, 0.6) is 0 Å². The van der Waals surface area contributed by atoms with Gasteiger partial charge in [0.2, 0.25) is 0 Å². The van der Waals surface area contributed by atoms with Crippen LogP contribution >= 0.6 is 23.2 Å². The van der Waals surface area contributed by atoms with E-state index >= 15 is 0 Å². The summed E-state index contributed by atoms with van der Waals surface area (Å²) in [7, 11) is 0. The van der Waals surface area contributed by atoms with Gasteiger partial charge in [-0.3, -0.25) is 4.79 Å². The van der Waals surface area contributed by atoms with E-state index < -0.39 is 11.7 Å². The topological polar surface area (TPSA) is 55.1 Å². The molecule has 0 aliphatic rings. The normalized spacial score (nSPS) is 10.4. The first-order valence-corrected chi connectivity index (χ1v) is 6.46. The summed E-state index contributed by atoms with van der Waals surface area (Å²) in [6, 6.07) is 7.34. The molecule has 20 heavy (non-hydrogen) atoms. The van der Waals surface area contributed by atoms with Gasteiger partial charge in [-0.1, -0.05) is 23.2 Å². The first-order chi connectivity index (χ1) is 9.38. The van der Waals surface area contributed by atoms with Crippen molar-refractivity contribution >= 4 is 40.5 Å². The molecule has 0 aliphatic carbocycles. The number of benzene rings is 2. The van der Waals surface area contributed by atoms with Crippen molar-refractivity contribution in [1.29, 1.82) is 0 Å². The highest BCUT2D eigenvalue weighted by Crippen LogP contribution is 2.26. The highest BCUT2D eigenvalue weighted by atomic mass is 35.5. The van der Waals surface area contributed by atoms with Crippen molar-refractivity contribution in [2.75, 3.05) is 11.1 Å². The van der Waals surface area contributed by atoms with Crippen LogP contribution in [0.15, 0.2) is 30.3 Å². The summed E-state index contributed by atoms with van der Waals surface area (Å²) < 4.78 is 13.9. The zero-order valence-electron chi connectivity index (χ0n) is 10.5. The Hall–Kier alpha value is -1.78. The van der Waals surface area contributed by atoms with E-state index in [1.54, 1.807) is 12.1 Å². The lowest BCUT2D eigenvalue weighted by molar-refractivity contribution is 0.102. The number of hydrogen-bond donors (Lipinski definition) is 2. The Morgan fingerprint density at radius 2 is 1.95 bits per heavy atom. The number of halogens is 3. The van der Waals surface area contributed by atoms with Gasteiger partial charge in [0.15, 0.2) is 0 Å². The molecule has 0 heterocycles. The molecule has 0 atom stereocenters. The maximum atomic E-state index is 13.9. The van der Waals surface area contributed by atoms with Gasteiger partial charge in [0, 0.05) is 10.7 Å². The van der Waals surface area contributed by atoms with Crippen LogP contribution in [0.4, 0.5) is 15.8 Å². The molecule has 0 saturated carbocycles. The van der Waals surface area contributed by atoms with E-state index in [9.17, 15) is 9.18 Å². The van der Waals surface area contributed by atoms with Gasteiger partial charge < -0.3 is 11.1 Å². The van der Waals surface area contributed by atoms with Crippen LogP contribution in [-0.4, -0.2) is 5.91 Å². The van der Waals surface area contributed by atoms with Crippen molar-refractivity contribution in [2.45, 2.75) is 6.92 Å². The average Bonchev–Trinajstić information content (AvgIpc) is 2.37. The Bertz CT molecular complexity index is 689. The third-order valence-electron chi connectivity index (χ3n) is 2.70. The van der Waals surface area contributed by atoms with Crippen LogP contribution in [0, 0.1) is 12.7 Å². The Labute approximate surface area is 125 Å². The van der Waals surface area contributed by atoms with Gasteiger partial charge in [0.05, 0.1) is 16.3 Å². The van der Waals surface area contributed by atoms with Crippen molar-refractivity contribution in [1.82, 2.24) is 0 Å². The van der Waals surface area contributed by atoms with Crippen LogP contribution in [0.1, 0.15) is 15.9 Å². The number of amides is 1. The number of rotatable bonds is 2. The second kappa shape index (κ2) is 5.69. The number of hydrogen-bond acceptors (Lipinski definition) is 2. The van der Waals surface area contributed by atoms with Gasteiger partial charge in [0.1, 0.15) is 5.82 Å². The lowest BCUT2D eigenvalue weighted by Gasteiger charge is -2.10. The Morgan fingerprint density at radius 3 is 2.60 bits per heavy atom. The van der Waals surface area contributed by atoms with Crippen LogP contribution in [0.25, 0.3) is 0 Å². The fourth-order valence-corrected chi connectivity index (χ4v) is 2.20. The molecule has 2 aromatic rings. The van der Waals surface area contributed by atoms with E-state index in [1.165, 1.54) is 25.1 Å². The van der Waals surface area contributed by atoms with E-state index in [2.05, 4.69) is 5.32 Å². The number of carbonyl (C=O) groups is 1. The van der Waals surface area contributed by atoms with Crippen LogP contribution in [-0.2, 0) is 0 Å². The predicted octanol–water partition coefficient (Wildman–Crippen LogP) is 4.28. The third kappa shape index (κ3) is 3.03. The van der Waals surface area contributed by atoms with Gasteiger partial charge in [-0.25, -0.2) is 4.39 Å². The average molecular weight is 313 g/mol. The summed E-state index contributed by atoms with van der Waals surface area (Å²) in [4.78, 5) is 12.1. The van der Waals surface area contributed by atoms with Crippen molar-refractivity contribution in [3.8, 4) is 0 Å². The molecule has 1 amide bonds. The third-order valence-corrected chi connectivity index (χ3v) is 3.25. The number of aryl methyl sites for hydroxylation is 1. The molecular weight excluding hydrogens is 302 g/mol. The molecule has 6 heteroatoms. The molecule has 0 aromatic heterocycles. The van der Waals surface area contributed by atoms with Crippen molar-refractivity contribution < 1.29 is 9.18 Å². The van der Waals surface area contributed by atoms with E-state index in [4.69, 9.17) is 28.9 Å². The summed E-state index contributed by atoms with van der Waals surface area (Å²) in [5, 5.41) is 3.24. The molecule has 0 bridgehead atoms. The number of carbonyl (C=O) groups excluding carboxylic acids is 1. The SMILES string of the molecule is Cc1cc(N)cc(C(=O)Nc2ccc(Cl)cc2Cl)c1F. The molecular formula is C14H11Cl2FN2O. The minimum Gasteiger partial charge on any atom is -0.399 e. The van der Waals surface area contributed by atoms with Crippen LogP contribution < -0.4 is 11.1 Å². The summed E-state index contributed by atoms with van der Waals surface area (Å²) in [5.41, 5.74) is 6.45. The van der Waals surface area contributed by atoms with Gasteiger partial charge in [-0.05, 0) is 42.8 Å². The molecule has 0 unspecified atom stereocenters. The Balaban J connectivity index is 2.33. The van der Waals surface area contributed by atoms with Gasteiger partial charge >= 0.3 is 0 Å². The zero-order chi connectivity index (χ0) is 14.9. The van der Waals surface area contributed by atoms with E-state index in [0.29, 0.717) is 22.0 Å². The molecule has 3 nitrogen and oxygen atoms in total. The predicted molar refractivity (Wildman–Crippen MR) is 80.0 cm³/mol. The highest BCUT2D eigenvalue weighted by molar-refractivity contribution is 6.36. The summed E-state index contributed by atoms with van der Waals surface area (Å²) in [6.45, 7) is 1.54. The maximum absolute atomic E-state index is 13.9.